The third kappa shape index (κ3) is 2.94. The van der Waals surface area contributed by atoms with E-state index in [-0.39, 0.29) is 0 Å². The van der Waals surface area contributed by atoms with Crippen LogP contribution in [0.25, 0.3) is 6.08 Å². The van der Waals surface area contributed by atoms with E-state index in [4.69, 9.17) is 11.2 Å². The molecular weight excluding hydrogens is 224 g/mol. The molecule has 96 valence electrons. The molecule has 0 radical (unpaired) electrons. The van der Waals surface area contributed by atoms with Gasteiger partial charge in [0.25, 0.3) is 0 Å². The number of hydrogen-bond acceptors (Lipinski definition) is 2. The third-order valence-electron chi connectivity index (χ3n) is 3.20. The van der Waals surface area contributed by atoms with E-state index in [1.165, 1.54) is 0 Å². The van der Waals surface area contributed by atoms with Crippen LogP contribution in [0.5, 0.6) is 5.75 Å². The van der Waals surface area contributed by atoms with Crippen LogP contribution in [0.3, 0.4) is 0 Å². The van der Waals surface area contributed by atoms with Gasteiger partial charge in [-0.05, 0) is 62.1 Å². The molecule has 0 bridgehead atoms. The number of aryl methyl sites for hydroxylation is 1. The Morgan fingerprint density at radius 2 is 1.94 bits per heavy atom. The minimum atomic E-state index is -1.22. The Morgan fingerprint density at radius 3 is 2.44 bits per heavy atom. The molecule has 0 aromatic heterocycles. The fourth-order valence-corrected chi connectivity index (χ4v) is 1.83. The van der Waals surface area contributed by atoms with Gasteiger partial charge in [0.2, 0.25) is 0 Å². The van der Waals surface area contributed by atoms with Crippen molar-refractivity contribution in [1.82, 2.24) is 0 Å². The second-order valence-corrected chi connectivity index (χ2v) is 4.68. The van der Waals surface area contributed by atoms with Crippen molar-refractivity contribution >= 4 is 6.08 Å². The third-order valence-corrected chi connectivity index (χ3v) is 3.20. The smallest absolute Gasteiger partial charge is 0.141 e. The molecule has 1 aromatic rings. The Bertz CT molecular complexity index is 517. The molecule has 0 aliphatic carbocycles. The maximum Gasteiger partial charge on any atom is 0.141 e. The zero-order valence-corrected chi connectivity index (χ0v) is 11.7. The van der Waals surface area contributed by atoms with Crippen molar-refractivity contribution in [3.63, 3.8) is 0 Å². The second-order valence-electron chi connectivity index (χ2n) is 4.68. The Labute approximate surface area is 109 Å². The number of methoxy groups -OCH3 is 1. The standard InChI is InChI=1S/C16H20O2/c1-7-16(5,17)9-8-14-11(2)10-15(18-6)13(4)12(14)3/h1,8-10,17H,2-6H3/b9-8+. The lowest BCUT2D eigenvalue weighted by Gasteiger charge is -2.15. The fraction of sp³-hybridized carbons (Fsp3) is 0.375. The molecule has 1 atom stereocenters. The maximum absolute atomic E-state index is 9.79. The highest BCUT2D eigenvalue weighted by molar-refractivity contribution is 5.63. The van der Waals surface area contributed by atoms with Crippen LogP contribution >= 0.6 is 0 Å². The zero-order chi connectivity index (χ0) is 13.9. The summed E-state index contributed by atoms with van der Waals surface area (Å²) < 4.78 is 5.32. The molecule has 18 heavy (non-hydrogen) atoms. The van der Waals surface area contributed by atoms with Crippen molar-refractivity contribution in [1.29, 1.82) is 0 Å². The molecule has 0 saturated heterocycles. The first kappa shape index (κ1) is 14.3. The van der Waals surface area contributed by atoms with Crippen molar-refractivity contribution in [3.8, 4) is 18.1 Å². The van der Waals surface area contributed by atoms with Crippen LogP contribution in [0.1, 0.15) is 29.2 Å². The predicted octanol–water partition coefficient (Wildman–Crippen LogP) is 3.02. The summed E-state index contributed by atoms with van der Waals surface area (Å²) in [7, 11) is 1.67. The summed E-state index contributed by atoms with van der Waals surface area (Å²) in [5.74, 6) is 3.21. The molecule has 0 heterocycles. The summed E-state index contributed by atoms with van der Waals surface area (Å²) in [6.45, 7) is 7.66. The number of benzene rings is 1. The lowest BCUT2D eigenvalue weighted by molar-refractivity contribution is 0.175. The Balaban J connectivity index is 3.28. The van der Waals surface area contributed by atoms with E-state index in [0.717, 1.165) is 28.0 Å². The highest BCUT2D eigenvalue weighted by atomic mass is 16.5. The average Bonchev–Trinajstić information content (AvgIpc) is 2.33. The first-order valence-corrected chi connectivity index (χ1v) is 5.86. The molecule has 0 saturated carbocycles. The van der Waals surface area contributed by atoms with Crippen LogP contribution in [0, 0.1) is 33.1 Å². The molecule has 0 aliphatic rings. The summed E-state index contributed by atoms with van der Waals surface area (Å²) >= 11 is 0. The topological polar surface area (TPSA) is 29.5 Å². The molecule has 1 rings (SSSR count). The van der Waals surface area contributed by atoms with Gasteiger partial charge in [0.1, 0.15) is 11.4 Å². The predicted molar refractivity (Wildman–Crippen MR) is 75.7 cm³/mol. The van der Waals surface area contributed by atoms with Crippen molar-refractivity contribution in [2.24, 2.45) is 0 Å². The van der Waals surface area contributed by atoms with E-state index in [0.29, 0.717) is 0 Å². The van der Waals surface area contributed by atoms with Crippen molar-refractivity contribution in [3.05, 3.63) is 34.4 Å². The summed E-state index contributed by atoms with van der Waals surface area (Å²) in [6.07, 6.45) is 8.76. The van der Waals surface area contributed by atoms with E-state index >= 15 is 0 Å². The van der Waals surface area contributed by atoms with Crippen LogP contribution in [0.4, 0.5) is 0 Å². The zero-order valence-electron chi connectivity index (χ0n) is 11.7. The van der Waals surface area contributed by atoms with E-state index in [2.05, 4.69) is 5.92 Å². The first-order valence-electron chi connectivity index (χ1n) is 5.86. The first-order chi connectivity index (χ1) is 8.32. The Morgan fingerprint density at radius 1 is 1.33 bits per heavy atom. The van der Waals surface area contributed by atoms with Crippen LogP contribution in [0.2, 0.25) is 0 Å². The highest BCUT2D eigenvalue weighted by Gasteiger charge is 2.13. The molecular formula is C16H20O2. The van der Waals surface area contributed by atoms with E-state index < -0.39 is 5.60 Å². The second kappa shape index (κ2) is 5.29. The molecule has 0 spiro atoms. The minimum absolute atomic E-state index is 0.880. The number of rotatable bonds is 3. The van der Waals surface area contributed by atoms with Gasteiger partial charge in [-0.15, -0.1) is 6.42 Å². The molecule has 2 heteroatoms. The summed E-state index contributed by atoms with van der Waals surface area (Å²) in [4.78, 5) is 0. The summed E-state index contributed by atoms with van der Waals surface area (Å²) in [6, 6.07) is 1.99. The number of ether oxygens (including phenoxy) is 1. The van der Waals surface area contributed by atoms with Gasteiger partial charge in [-0.3, -0.25) is 0 Å². The van der Waals surface area contributed by atoms with E-state index in [9.17, 15) is 5.11 Å². The van der Waals surface area contributed by atoms with E-state index in [1.54, 1.807) is 20.1 Å². The fourth-order valence-electron chi connectivity index (χ4n) is 1.83. The Hall–Kier alpha value is -1.72. The number of terminal acetylenes is 1. The largest absolute Gasteiger partial charge is 0.496 e. The van der Waals surface area contributed by atoms with Crippen LogP contribution in [0.15, 0.2) is 12.1 Å². The molecule has 1 unspecified atom stereocenters. The monoisotopic (exact) mass is 244 g/mol. The van der Waals surface area contributed by atoms with Gasteiger partial charge in [0, 0.05) is 0 Å². The minimum Gasteiger partial charge on any atom is -0.496 e. The maximum atomic E-state index is 9.79. The van der Waals surface area contributed by atoms with E-state index in [1.807, 2.05) is 32.9 Å². The average molecular weight is 244 g/mol. The van der Waals surface area contributed by atoms with Crippen LogP contribution < -0.4 is 4.74 Å². The SMILES string of the molecule is C#CC(C)(O)/C=C/c1c(C)cc(OC)c(C)c1C. The van der Waals surface area contributed by atoms with Gasteiger partial charge in [-0.25, -0.2) is 0 Å². The number of hydrogen-bond donors (Lipinski definition) is 1. The number of aliphatic hydroxyl groups is 1. The molecule has 1 N–H and O–H groups in total. The van der Waals surface area contributed by atoms with Gasteiger partial charge in [0.05, 0.1) is 7.11 Å². The molecule has 1 aromatic carbocycles. The summed E-state index contributed by atoms with van der Waals surface area (Å²) in [5.41, 5.74) is 3.19. The molecule has 0 amide bonds. The van der Waals surface area contributed by atoms with Crippen molar-refractivity contribution in [2.75, 3.05) is 7.11 Å². The highest BCUT2D eigenvalue weighted by Crippen LogP contribution is 2.28. The van der Waals surface area contributed by atoms with Gasteiger partial charge in [0.15, 0.2) is 0 Å². The van der Waals surface area contributed by atoms with Crippen LogP contribution in [-0.2, 0) is 0 Å². The molecule has 2 nitrogen and oxygen atoms in total. The summed E-state index contributed by atoms with van der Waals surface area (Å²) in [5, 5.41) is 9.79. The normalized spacial score (nSPS) is 14.3. The Kier molecular flexibility index (Phi) is 4.21. The van der Waals surface area contributed by atoms with Crippen molar-refractivity contribution in [2.45, 2.75) is 33.3 Å². The lowest BCUT2D eigenvalue weighted by Crippen LogP contribution is -2.16. The molecule has 0 fully saturated rings. The van der Waals surface area contributed by atoms with Gasteiger partial charge in [-0.2, -0.15) is 0 Å². The van der Waals surface area contributed by atoms with Crippen molar-refractivity contribution < 1.29 is 9.84 Å². The van der Waals surface area contributed by atoms with Gasteiger partial charge < -0.3 is 9.84 Å². The van der Waals surface area contributed by atoms with Gasteiger partial charge >= 0.3 is 0 Å². The lowest BCUT2D eigenvalue weighted by atomic mass is 9.95. The van der Waals surface area contributed by atoms with Crippen LogP contribution in [-0.4, -0.2) is 17.8 Å². The van der Waals surface area contributed by atoms with Gasteiger partial charge in [-0.1, -0.05) is 12.0 Å². The molecule has 0 aliphatic heterocycles. The quantitative estimate of drug-likeness (QED) is 0.828.